The second kappa shape index (κ2) is 37.4. The number of carbonyl (C=O) groups is 12. The number of amides is 11. The molecule has 0 bridgehead atoms. The first-order valence-corrected chi connectivity index (χ1v) is 32.0. The quantitative estimate of drug-likeness (QED) is 0.0134. The topological polar surface area (TPSA) is 491 Å². The Morgan fingerprint density at radius 2 is 1.02 bits per heavy atom. The molecule has 0 aromatic heterocycles. The number of carboxylic acids is 1. The number of aliphatic imine (C=N–C) groups is 1. The van der Waals surface area contributed by atoms with Crippen LogP contribution in [0.1, 0.15) is 97.6 Å². The number of aliphatic carboxylic acids is 1. The number of hydrogen-bond donors (Lipinski definition) is 18. The first-order chi connectivity index (χ1) is 43.9. The molecule has 0 radical (unpaired) electrons. The third-order valence-corrected chi connectivity index (χ3v) is 16.7. The fraction of sp³-hybridized carbons (Fsp3) is 0.583. The Bertz CT molecular complexity index is 2960. The number of benzene rings is 2. The third-order valence-electron chi connectivity index (χ3n) is 15.9. The Balaban J connectivity index is 1.49. The molecule has 2 heterocycles. The van der Waals surface area contributed by atoms with Gasteiger partial charge in [-0.1, -0.05) is 62.7 Å². The van der Waals surface area contributed by atoms with Gasteiger partial charge in [-0.15, -0.1) is 0 Å². The molecule has 31 nitrogen and oxygen atoms in total. The number of guanidine groups is 1. The number of carbonyl (C=O) groups excluding carboxylic acids is 11. The first-order valence-electron chi connectivity index (χ1n) is 30.7. The second-order valence-corrected chi connectivity index (χ2v) is 24.0. The van der Waals surface area contributed by atoms with Crippen LogP contribution < -0.4 is 65.1 Å². The van der Waals surface area contributed by atoms with Gasteiger partial charge >= 0.3 is 5.97 Å². The predicted octanol–water partition coefficient (Wildman–Crippen LogP) is -4.30. The van der Waals surface area contributed by atoms with Gasteiger partial charge in [0.25, 0.3) is 0 Å². The van der Waals surface area contributed by atoms with Crippen LogP contribution >= 0.6 is 25.3 Å². The van der Waals surface area contributed by atoms with Crippen molar-refractivity contribution in [2.24, 2.45) is 28.1 Å². The number of nitrogens with zero attached hydrogens (tertiary/aromatic N) is 3. The van der Waals surface area contributed by atoms with Crippen LogP contribution in [0.15, 0.2) is 59.6 Å². The van der Waals surface area contributed by atoms with Gasteiger partial charge in [-0.05, 0) is 95.4 Å². The van der Waals surface area contributed by atoms with E-state index in [4.69, 9.17) is 17.2 Å². The largest absolute Gasteiger partial charge is 0.508 e. The highest BCUT2D eigenvalue weighted by atomic mass is 32.1. The molecular formula is C60H91N15O16S2. The van der Waals surface area contributed by atoms with Crippen LogP contribution in [0.3, 0.4) is 0 Å². The lowest BCUT2D eigenvalue weighted by Crippen LogP contribution is -2.62. The number of phenolic OH excluding ortho intramolecular Hbond substituents is 1. The Labute approximate surface area is 550 Å². The number of nitrogens with two attached hydrogens (primary N) is 3. The van der Waals surface area contributed by atoms with Gasteiger partial charge in [0.05, 0.1) is 12.2 Å². The Morgan fingerprint density at radius 3 is 1.54 bits per heavy atom. The van der Waals surface area contributed by atoms with Crippen molar-refractivity contribution >= 4 is 102 Å². The van der Waals surface area contributed by atoms with Gasteiger partial charge < -0.3 is 95.3 Å². The SMILES string of the molecule is CC[C@H](C)[C@H](NC(=O)[C@H](Cc1ccc(O)cc1)NC(=O)[C@H](C)NC(=O)[C@H](Cc1ccccc1)NC(=O)[C@H](CS)NC(=O)[C@H](CS)NC(=O)[C@@H]1CCCN1C(=O)[C@@H](NC(=O)[C@@H](N)[C@@H](C)O)[C@@H](C)O)C(=O)N[C@@H](C)C(=O)N[C@@H](CCCN=C(N)N)C(=O)N1CCC[C@H]1C(=O)O. The minimum Gasteiger partial charge on any atom is -0.508 e. The number of hydrogen-bond acceptors (Lipinski definition) is 19. The van der Waals surface area contributed by atoms with E-state index in [1.807, 2.05) is 0 Å². The van der Waals surface area contributed by atoms with Crippen LogP contribution in [-0.2, 0) is 70.4 Å². The standard InChI is InChI=1S/C60H91N15O16S2/c1-7-30(2)46(56(87)66-32(4)48(79)67-38(16-11-23-64-60(62)63)57(88)75-25-13-18-44(75)59(90)91)72-51(82)40(27-36-19-21-37(78)22-20-36)68-49(80)31(3)65-50(81)39(26-35-14-9-8-10-15-35)69-52(83)41(28-92)70-53(84)42(29-93)71-54(85)43-17-12-24-74(43)58(89)47(34(6)77)73-55(86)45(61)33(5)76/h8-10,14-15,19-22,30-34,38-47,76-78,92-93H,7,11-13,16-18,23-29,61H2,1-6H3,(H,65,81)(H,66,87)(H,67,79)(H,68,80)(H,69,83)(H,70,84)(H,71,85)(H,72,82)(H,73,86)(H,90,91)(H4,62,63,64)/t30-,31-,32-,33+,34+,38-,39-,40-,41-,42-,43-,44-,45-,46-,47-/m0/s1. The van der Waals surface area contributed by atoms with E-state index in [2.05, 4.69) is 78.1 Å². The Hall–Kier alpha value is -8.27. The lowest BCUT2D eigenvalue weighted by Gasteiger charge is -2.31. The number of carboxylic acid groups (broad SMARTS) is 1. The van der Waals surface area contributed by atoms with E-state index in [9.17, 15) is 78.0 Å². The first kappa shape index (κ1) is 77.2. The summed E-state index contributed by atoms with van der Waals surface area (Å²) in [6, 6.07) is -2.10. The van der Waals surface area contributed by atoms with Crippen LogP contribution in [0, 0.1) is 5.92 Å². The smallest absolute Gasteiger partial charge is 0.326 e. The molecular weight excluding hydrogens is 1250 g/mol. The summed E-state index contributed by atoms with van der Waals surface area (Å²) in [5.41, 5.74) is 17.6. The number of rotatable bonds is 35. The summed E-state index contributed by atoms with van der Waals surface area (Å²) in [4.78, 5) is 171. The fourth-order valence-corrected chi connectivity index (χ4v) is 10.7. The van der Waals surface area contributed by atoms with Gasteiger partial charge in [0.1, 0.15) is 78.3 Å². The van der Waals surface area contributed by atoms with E-state index in [0.717, 1.165) is 4.90 Å². The van der Waals surface area contributed by atoms with Crippen LogP contribution in [0.4, 0.5) is 0 Å². The van der Waals surface area contributed by atoms with Crippen molar-refractivity contribution in [1.29, 1.82) is 0 Å². The lowest BCUT2D eigenvalue weighted by molar-refractivity contribution is -0.149. The van der Waals surface area contributed by atoms with Crippen LogP contribution in [0.2, 0.25) is 0 Å². The molecule has 2 aliphatic rings. The van der Waals surface area contributed by atoms with Crippen LogP contribution in [0.5, 0.6) is 5.75 Å². The number of likely N-dealkylation sites (tertiary alicyclic amines) is 2. The molecule has 11 amide bonds. The predicted molar refractivity (Wildman–Crippen MR) is 346 cm³/mol. The summed E-state index contributed by atoms with van der Waals surface area (Å²) in [5, 5.41) is 63.2. The highest BCUT2D eigenvalue weighted by Gasteiger charge is 2.43. The highest BCUT2D eigenvalue weighted by Crippen LogP contribution is 2.22. The number of phenols is 1. The molecule has 33 heteroatoms. The molecule has 514 valence electrons. The molecule has 0 spiro atoms. The average molecular weight is 1340 g/mol. The molecule has 2 aromatic carbocycles. The van der Waals surface area contributed by atoms with Crippen molar-refractivity contribution in [2.45, 2.75) is 184 Å². The molecule has 19 N–H and O–H groups in total. The van der Waals surface area contributed by atoms with Crippen molar-refractivity contribution in [3.05, 3.63) is 65.7 Å². The summed E-state index contributed by atoms with van der Waals surface area (Å²) in [7, 11) is 0. The molecule has 4 rings (SSSR count). The van der Waals surface area contributed by atoms with Crippen molar-refractivity contribution in [1.82, 2.24) is 57.7 Å². The van der Waals surface area contributed by atoms with Gasteiger partial charge in [0.15, 0.2) is 5.96 Å². The zero-order chi connectivity index (χ0) is 69.4. The monoisotopic (exact) mass is 1340 g/mol. The maximum absolute atomic E-state index is 14.5. The van der Waals surface area contributed by atoms with Gasteiger partial charge in [-0.25, -0.2) is 4.79 Å². The van der Waals surface area contributed by atoms with E-state index < -0.39 is 162 Å². The van der Waals surface area contributed by atoms with Crippen molar-refractivity contribution in [3.8, 4) is 5.75 Å². The summed E-state index contributed by atoms with van der Waals surface area (Å²) >= 11 is 8.53. The summed E-state index contributed by atoms with van der Waals surface area (Å²) < 4.78 is 0. The molecule has 2 saturated heterocycles. The minimum absolute atomic E-state index is 0.0134. The zero-order valence-corrected chi connectivity index (χ0v) is 54.7. The van der Waals surface area contributed by atoms with Gasteiger partial charge in [0, 0.05) is 44.0 Å². The number of aliphatic hydroxyl groups excluding tert-OH is 2. The second-order valence-electron chi connectivity index (χ2n) is 23.2. The van der Waals surface area contributed by atoms with E-state index in [1.54, 1.807) is 44.2 Å². The van der Waals surface area contributed by atoms with E-state index >= 15 is 0 Å². The molecule has 2 aliphatic heterocycles. The zero-order valence-electron chi connectivity index (χ0n) is 52.9. The average Bonchev–Trinajstić information content (AvgIpc) is 1.98. The normalized spacial score (nSPS) is 18.7. The summed E-state index contributed by atoms with van der Waals surface area (Å²) in [6.07, 6.45) is -1.41. The molecule has 0 aliphatic carbocycles. The van der Waals surface area contributed by atoms with Crippen molar-refractivity contribution < 1.29 is 78.0 Å². The third kappa shape index (κ3) is 23.4. The maximum Gasteiger partial charge on any atom is 0.326 e. The molecule has 2 fully saturated rings. The van der Waals surface area contributed by atoms with Crippen LogP contribution in [0.25, 0.3) is 0 Å². The summed E-state index contributed by atoms with van der Waals surface area (Å²) in [5.74, 6) is -12.0. The maximum atomic E-state index is 14.5. The Morgan fingerprint density at radius 1 is 0.559 bits per heavy atom. The van der Waals surface area contributed by atoms with Crippen LogP contribution in [-0.4, -0.2) is 223 Å². The molecule has 0 saturated carbocycles. The lowest BCUT2D eigenvalue weighted by atomic mass is 9.96. The number of nitrogens with one attached hydrogen (secondary N) is 9. The van der Waals surface area contributed by atoms with Crippen molar-refractivity contribution in [2.75, 3.05) is 31.1 Å². The minimum atomic E-state index is -1.54. The highest BCUT2D eigenvalue weighted by molar-refractivity contribution is 7.80. The Kier molecular flexibility index (Phi) is 31.1. The molecule has 93 heavy (non-hydrogen) atoms. The molecule has 0 unspecified atom stereocenters. The molecule has 2 aromatic rings. The van der Waals surface area contributed by atoms with Gasteiger partial charge in [0.2, 0.25) is 65.0 Å². The molecule has 15 atom stereocenters. The van der Waals surface area contributed by atoms with E-state index in [0.29, 0.717) is 30.4 Å². The summed E-state index contributed by atoms with van der Waals surface area (Å²) in [6.45, 7) is 8.87. The van der Waals surface area contributed by atoms with E-state index in [1.165, 1.54) is 56.9 Å². The number of aromatic hydroxyl groups is 1. The number of thiol groups is 2. The van der Waals surface area contributed by atoms with Crippen molar-refractivity contribution in [3.63, 3.8) is 0 Å². The fourth-order valence-electron chi connectivity index (χ4n) is 10.2. The number of aliphatic hydroxyl groups is 2. The van der Waals surface area contributed by atoms with Gasteiger partial charge in [-0.3, -0.25) is 57.7 Å². The van der Waals surface area contributed by atoms with Gasteiger partial charge in [-0.2, -0.15) is 25.3 Å². The van der Waals surface area contributed by atoms with E-state index in [-0.39, 0.29) is 81.4 Å².